The van der Waals surface area contributed by atoms with Crippen molar-refractivity contribution in [3.63, 3.8) is 0 Å². The van der Waals surface area contributed by atoms with Crippen molar-refractivity contribution in [3.05, 3.63) is 18.0 Å². The summed E-state index contributed by atoms with van der Waals surface area (Å²) in [7, 11) is -1.52. The predicted molar refractivity (Wildman–Crippen MR) is 84.5 cm³/mol. The molecule has 0 saturated heterocycles. The zero-order valence-electron chi connectivity index (χ0n) is 13.2. The SMILES string of the molecule is CCNCc1cc(S(=O)(=O)NCC2CCCC2C)cn1C. The summed E-state index contributed by atoms with van der Waals surface area (Å²) >= 11 is 0. The maximum absolute atomic E-state index is 12.4. The van der Waals surface area contributed by atoms with Crippen LogP contribution in [0.1, 0.15) is 38.8 Å². The van der Waals surface area contributed by atoms with Crippen LogP contribution in [0, 0.1) is 11.8 Å². The zero-order chi connectivity index (χ0) is 15.5. The van der Waals surface area contributed by atoms with Gasteiger partial charge in [0.25, 0.3) is 0 Å². The molecule has 2 atom stereocenters. The van der Waals surface area contributed by atoms with Gasteiger partial charge in [0.15, 0.2) is 0 Å². The molecule has 2 unspecified atom stereocenters. The highest BCUT2D eigenvalue weighted by Crippen LogP contribution is 2.30. The van der Waals surface area contributed by atoms with E-state index < -0.39 is 10.0 Å². The van der Waals surface area contributed by atoms with Gasteiger partial charge in [-0.05, 0) is 30.9 Å². The van der Waals surface area contributed by atoms with E-state index in [4.69, 9.17) is 0 Å². The number of aryl methyl sites for hydroxylation is 1. The molecule has 1 aliphatic rings. The van der Waals surface area contributed by atoms with E-state index >= 15 is 0 Å². The molecule has 1 saturated carbocycles. The first-order valence-corrected chi connectivity index (χ1v) is 9.28. The minimum absolute atomic E-state index is 0.364. The van der Waals surface area contributed by atoms with E-state index in [1.807, 2.05) is 18.5 Å². The Morgan fingerprint density at radius 2 is 2.14 bits per heavy atom. The van der Waals surface area contributed by atoms with Crippen molar-refractivity contribution >= 4 is 10.0 Å². The van der Waals surface area contributed by atoms with Crippen LogP contribution in [0.2, 0.25) is 0 Å². The maximum Gasteiger partial charge on any atom is 0.242 e. The minimum atomic E-state index is -3.40. The molecule has 0 aromatic carbocycles. The largest absolute Gasteiger partial charge is 0.352 e. The summed E-state index contributed by atoms with van der Waals surface area (Å²) in [6.45, 7) is 6.35. The van der Waals surface area contributed by atoms with Crippen LogP contribution in [0.15, 0.2) is 17.2 Å². The van der Waals surface area contributed by atoms with Crippen molar-refractivity contribution in [2.75, 3.05) is 13.1 Å². The van der Waals surface area contributed by atoms with Gasteiger partial charge >= 0.3 is 0 Å². The van der Waals surface area contributed by atoms with Crippen molar-refractivity contribution in [1.82, 2.24) is 14.6 Å². The van der Waals surface area contributed by atoms with Crippen molar-refractivity contribution in [2.45, 2.75) is 44.6 Å². The van der Waals surface area contributed by atoms with Crippen LogP contribution in [0.25, 0.3) is 0 Å². The third kappa shape index (κ3) is 4.08. The second-order valence-electron chi connectivity index (χ2n) is 6.08. The Hall–Kier alpha value is -0.850. The van der Waals surface area contributed by atoms with Gasteiger partial charge in [0.05, 0.1) is 4.90 Å². The molecule has 120 valence electrons. The minimum Gasteiger partial charge on any atom is -0.352 e. The number of rotatable bonds is 7. The first kappa shape index (κ1) is 16.5. The normalized spacial score (nSPS) is 22.8. The quantitative estimate of drug-likeness (QED) is 0.807. The first-order chi connectivity index (χ1) is 9.94. The summed E-state index contributed by atoms with van der Waals surface area (Å²) in [5.41, 5.74) is 0.978. The lowest BCUT2D eigenvalue weighted by atomic mass is 9.99. The topological polar surface area (TPSA) is 63.1 Å². The fraction of sp³-hybridized carbons (Fsp3) is 0.733. The molecule has 1 heterocycles. The van der Waals surface area contributed by atoms with Crippen molar-refractivity contribution in [1.29, 1.82) is 0 Å². The molecule has 0 radical (unpaired) electrons. The van der Waals surface area contributed by atoms with Crippen LogP contribution in [-0.2, 0) is 23.6 Å². The van der Waals surface area contributed by atoms with E-state index in [1.54, 1.807) is 12.3 Å². The van der Waals surface area contributed by atoms with E-state index in [1.165, 1.54) is 12.8 Å². The molecule has 0 amide bonds. The molecule has 6 heteroatoms. The van der Waals surface area contributed by atoms with E-state index in [9.17, 15) is 8.42 Å². The van der Waals surface area contributed by atoms with Crippen LogP contribution in [-0.4, -0.2) is 26.1 Å². The predicted octanol–water partition coefficient (Wildman–Crippen LogP) is 1.85. The van der Waals surface area contributed by atoms with Gasteiger partial charge in [-0.1, -0.05) is 26.7 Å². The molecule has 1 fully saturated rings. The molecule has 0 aliphatic heterocycles. The fourth-order valence-corrected chi connectivity index (χ4v) is 4.17. The van der Waals surface area contributed by atoms with E-state index in [-0.39, 0.29) is 0 Å². The molecule has 5 nitrogen and oxygen atoms in total. The molecular weight excluding hydrogens is 286 g/mol. The van der Waals surface area contributed by atoms with Gasteiger partial charge in [-0.2, -0.15) is 0 Å². The van der Waals surface area contributed by atoms with Crippen molar-refractivity contribution in [2.24, 2.45) is 18.9 Å². The lowest BCUT2D eigenvalue weighted by molar-refractivity contribution is 0.414. The average Bonchev–Trinajstić information content (AvgIpc) is 3.01. The second kappa shape index (κ2) is 6.94. The molecule has 1 aliphatic carbocycles. The molecular formula is C15H27N3O2S. The monoisotopic (exact) mass is 313 g/mol. The van der Waals surface area contributed by atoms with Crippen LogP contribution in [0.5, 0.6) is 0 Å². The fourth-order valence-electron chi connectivity index (χ4n) is 2.98. The number of hydrogen-bond donors (Lipinski definition) is 2. The zero-order valence-corrected chi connectivity index (χ0v) is 14.0. The molecule has 2 N–H and O–H groups in total. The highest BCUT2D eigenvalue weighted by atomic mass is 32.2. The molecule has 1 aromatic heterocycles. The summed E-state index contributed by atoms with van der Waals surface area (Å²) in [6, 6.07) is 1.75. The van der Waals surface area contributed by atoms with Gasteiger partial charge in [-0.15, -0.1) is 0 Å². The highest BCUT2D eigenvalue weighted by Gasteiger charge is 2.25. The maximum atomic E-state index is 12.4. The number of hydrogen-bond acceptors (Lipinski definition) is 3. The van der Waals surface area contributed by atoms with Crippen LogP contribution < -0.4 is 10.0 Å². The number of sulfonamides is 1. The molecule has 21 heavy (non-hydrogen) atoms. The summed E-state index contributed by atoms with van der Waals surface area (Å²) in [5.74, 6) is 1.09. The number of nitrogens with one attached hydrogen (secondary N) is 2. The smallest absolute Gasteiger partial charge is 0.242 e. The standard InChI is InChI=1S/C15H27N3O2S/c1-4-16-10-14-8-15(11-18(14)3)21(19,20)17-9-13-7-5-6-12(13)2/h8,11-13,16-17H,4-7,9-10H2,1-3H3. The van der Waals surface area contributed by atoms with Crippen LogP contribution in [0.4, 0.5) is 0 Å². The third-order valence-corrected chi connectivity index (χ3v) is 5.91. The van der Waals surface area contributed by atoms with E-state index in [2.05, 4.69) is 17.0 Å². The Morgan fingerprint density at radius 3 is 2.76 bits per heavy atom. The van der Waals surface area contributed by atoms with Gasteiger partial charge in [0.2, 0.25) is 10.0 Å². The van der Waals surface area contributed by atoms with Crippen molar-refractivity contribution in [3.8, 4) is 0 Å². The summed E-state index contributed by atoms with van der Waals surface area (Å²) in [6.07, 6.45) is 5.24. The number of nitrogens with zero attached hydrogens (tertiary/aromatic N) is 1. The average molecular weight is 313 g/mol. The Morgan fingerprint density at radius 1 is 1.38 bits per heavy atom. The van der Waals surface area contributed by atoms with Gasteiger partial charge in [0, 0.05) is 32.0 Å². The molecule has 0 bridgehead atoms. The van der Waals surface area contributed by atoms with Crippen molar-refractivity contribution < 1.29 is 8.42 Å². The Bertz CT molecular complexity index is 565. The first-order valence-electron chi connectivity index (χ1n) is 7.79. The third-order valence-electron chi connectivity index (χ3n) is 4.52. The van der Waals surface area contributed by atoms with Gasteiger partial charge < -0.3 is 9.88 Å². The lowest BCUT2D eigenvalue weighted by Crippen LogP contribution is -2.30. The van der Waals surface area contributed by atoms with E-state index in [0.29, 0.717) is 29.8 Å². The Balaban J connectivity index is 2.01. The Kier molecular flexibility index (Phi) is 5.46. The summed E-state index contributed by atoms with van der Waals surface area (Å²) < 4.78 is 29.4. The van der Waals surface area contributed by atoms with Gasteiger partial charge in [-0.25, -0.2) is 13.1 Å². The lowest BCUT2D eigenvalue weighted by Gasteiger charge is -2.15. The van der Waals surface area contributed by atoms with Gasteiger partial charge in [0.1, 0.15) is 0 Å². The molecule has 0 spiro atoms. The summed E-state index contributed by atoms with van der Waals surface area (Å²) in [5, 5.41) is 3.22. The molecule has 2 rings (SSSR count). The Labute approximate surface area is 128 Å². The molecule has 1 aromatic rings. The second-order valence-corrected chi connectivity index (χ2v) is 7.85. The summed E-state index contributed by atoms with van der Waals surface area (Å²) in [4.78, 5) is 0.364. The van der Waals surface area contributed by atoms with Crippen LogP contribution in [0.3, 0.4) is 0 Å². The highest BCUT2D eigenvalue weighted by molar-refractivity contribution is 7.89. The number of aromatic nitrogens is 1. The van der Waals surface area contributed by atoms with Gasteiger partial charge in [-0.3, -0.25) is 0 Å². The van der Waals surface area contributed by atoms with E-state index in [0.717, 1.165) is 18.7 Å². The van der Waals surface area contributed by atoms with Crippen LogP contribution >= 0.6 is 0 Å².